The minimum Gasteiger partial charge on any atom is -0.493 e. The molecule has 0 aliphatic carbocycles. The number of rotatable bonds is 6. The Balaban J connectivity index is 1.53. The number of nitrogens with zero attached hydrogens (tertiary/aromatic N) is 1. The van der Waals surface area contributed by atoms with E-state index in [-0.39, 0.29) is 10.8 Å². The molecule has 0 spiro atoms. The minimum absolute atomic E-state index is 0.0647. The van der Waals surface area contributed by atoms with Crippen molar-refractivity contribution >= 4 is 15.9 Å². The van der Waals surface area contributed by atoms with Crippen molar-refractivity contribution in [3.05, 3.63) is 60.2 Å². The van der Waals surface area contributed by atoms with E-state index < -0.39 is 15.6 Å². The molecule has 0 unspecified atom stereocenters. The van der Waals surface area contributed by atoms with Gasteiger partial charge in [-0.3, -0.25) is 4.79 Å². The van der Waals surface area contributed by atoms with Crippen LogP contribution < -0.4 is 9.46 Å². The molecule has 3 rings (SSSR count). The average molecular weight is 431 g/mol. The van der Waals surface area contributed by atoms with E-state index in [0.717, 1.165) is 18.6 Å². The zero-order valence-corrected chi connectivity index (χ0v) is 18.6. The van der Waals surface area contributed by atoms with Gasteiger partial charge < -0.3 is 9.64 Å². The summed E-state index contributed by atoms with van der Waals surface area (Å²) in [7, 11) is -3.61. The number of hydrogen-bond acceptors (Lipinski definition) is 4. The number of carbonyl (C=O) groups excluding carboxylic acids is 1. The summed E-state index contributed by atoms with van der Waals surface area (Å²) in [6.45, 7) is 7.37. The number of para-hydroxylation sites is 1. The van der Waals surface area contributed by atoms with Crippen LogP contribution in [-0.2, 0) is 10.0 Å². The fourth-order valence-corrected chi connectivity index (χ4v) is 4.87. The molecule has 0 bridgehead atoms. The first-order valence-corrected chi connectivity index (χ1v) is 11.7. The van der Waals surface area contributed by atoms with Gasteiger partial charge in [0.1, 0.15) is 5.75 Å². The van der Waals surface area contributed by atoms with Gasteiger partial charge in [-0.1, -0.05) is 18.2 Å². The second-order valence-electron chi connectivity index (χ2n) is 8.74. The molecule has 0 atom stereocenters. The summed E-state index contributed by atoms with van der Waals surface area (Å²) in [5.74, 6) is 1.22. The Labute approximate surface area is 179 Å². The number of piperidine rings is 1. The molecule has 162 valence electrons. The molecule has 6 nitrogen and oxygen atoms in total. The Hall–Kier alpha value is -2.38. The molecule has 2 aromatic carbocycles. The summed E-state index contributed by atoms with van der Waals surface area (Å²) in [6.07, 6.45) is 1.78. The van der Waals surface area contributed by atoms with Crippen LogP contribution in [0.25, 0.3) is 0 Å². The maximum Gasteiger partial charge on any atom is 0.253 e. The topological polar surface area (TPSA) is 75.7 Å². The van der Waals surface area contributed by atoms with Crippen LogP contribution in [0.2, 0.25) is 0 Å². The first-order valence-electron chi connectivity index (χ1n) is 10.3. The number of nitrogens with one attached hydrogen (secondary N) is 1. The van der Waals surface area contributed by atoms with Gasteiger partial charge in [-0.05, 0) is 75.9 Å². The first-order chi connectivity index (χ1) is 14.1. The number of benzene rings is 2. The van der Waals surface area contributed by atoms with Gasteiger partial charge >= 0.3 is 0 Å². The molecule has 0 aromatic heterocycles. The van der Waals surface area contributed by atoms with Crippen molar-refractivity contribution in [1.29, 1.82) is 0 Å². The van der Waals surface area contributed by atoms with Crippen LogP contribution in [0.5, 0.6) is 5.75 Å². The van der Waals surface area contributed by atoms with Crippen LogP contribution >= 0.6 is 0 Å². The smallest absolute Gasteiger partial charge is 0.253 e. The molecular weight excluding hydrogens is 400 g/mol. The third kappa shape index (κ3) is 6.06. The molecule has 1 aliphatic heterocycles. The number of likely N-dealkylation sites (tertiary alicyclic amines) is 1. The van der Waals surface area contributed by atoms with Crippen LogP contribution in [-0.4, -0.2) is 44.5 Å². The molecule has 30 heavy (non-hydrogen) atoms. The Bertz CT molecular complexity index is 943. The van der Waals surface area contributed by atoms with Crippen LogP contribution in [0, 0.1) is 5.92 Å². The Morgan fingerprint density at radius 2 is 1.63 bits per heavy atom. The largest absolute Gasteiger partial charge is 0.493 e. The number of carbonyl (C=O) groups is 1. The lowest BCUT2D eigenvalue weighted by Crippen LogP contribution is -2.40. The molecule has 1 amide bonds. The highest BCUT2D eigenvalue weighted by atomic mass is 32.2. The van der Waals surface area contributed by atoms with E-state index in [2.05, 4.69) is 4.72 Å². The summed E-state index contributed by atoms with van der Waals surface area (Å²) in [5, 5.41) is 0. The average Bonchev–Trinajstić information content (AvgIpc) is 2.71. The molecule has 0 radical (unpaired) electrons. The van der Waals surface area contributed by atoms with Crippen molar-refractivity contribution in [3.63, 3.8) is 0 Å². The molecular formula is C23H30N2O4S. The lowest BCUT2D eigenvalue weighted by molar-refractivity contribution is 0.0661. The van der Waals surface area contributed by atoms with Gasteiger partial charge in [0.15, 0.2) is 0 Å². The van der Waals surface area contributed by atoms with Crippen LogP contribution in [0.15, 0.2) is 59.5 Å². The van der Waals surface area contributed by atoms with E-state index in [1.807, 2.05) is 35.2 Å². The Morgan fingerprint density at radius 3 is 2.20 bits per heavy atom. The Kier molecular flexibility index (Phi) is 6.83. The second-order valence-corrected chi connectivity index (χ2v) is 10.4. The number of hydrogen-bond donors (Lipinski definition) is 1. The fraction of sp³-hybridized carbons (Fsp3) is 0.435. The second kappa shape index (κ2) is 9.18. The van der Waals surface area contributed by atoms with Crippen molar-refractivity contribution in [2.75, 3.05) is 19.7 Å². The lowest BCUT2D eigenvalue weighted by atomic mass is 9.97. The summed E-state index contributed by atoms with van der Waals surface area (Å²) in [5.41, 5.74) is -0.0641. The molecule has 0 saturated carbocycles. The van der Waals surface area contributed by atoms with Gasteiger partial charge in [-0.25, -0.2) is 13.1 Å². The van der Waals surface area contributed by atoms with Crippen molar-refractivity contribution in [2.24, 2.45) is 5.92 Å². The summed E-state index contributed by atoms with van der Waals surface area (Å²) in [6, 6.07) is 15.9. The van der Waals surface area contributed by atoms with Gasteiger partial charge in [-0.2, -0.15) is 0 Å². The Morgan fingerprint density at radius 1 is 1.03 bits per heavy atom. The van der Waals surface area contributed by atoms with Crippen LogP contribution in [0.4, 0.5) is 0 Å². The third-order valence-corrected chi connectivity index (χ3v) is 6.76. The predicted octanol–water partition coefficient (Wildman–Crippen LogP) is 3.69. The van der Waals surface area contributed by atoms with E-state index >= 15 is 0 Å². The highest BCUT2D eigenvalue weighted by Crippen LogP contribution is 2.22. The van der Waals surface area contributed by atoms with E-state index in [4.69, 9.17) is 4.74 Å². The monoisotopic (exact) mass is 430 g/mol. The van der Waals surface area contributed by atoms with Gasteiger partial charge in [0.25, 0.3) is 5.91 Å². The van der Waals surface area contributed by atoms with Crippen molar-refractivity contribution in [3.8, 4) is 5.75 Å². The maximum absolute atomic E-state index is 12.8. The normalized spacial score (nSPS) is 15.8. The van der Waals surface area contributed by atoms with Gasteiger partial charge in [0.05, 0.1) is 11.5 Å². The molecule has 1 saturated heterocycles. The summed E-state index contributed by atoms with van der Waals surface area (Å²) in [4.78, 5) is 14.8. The highest BCUT2D eigenvalue weighted by molar-refractivity contribution is 7.89. The number of ether oxygens (including phenoxy) is 1. The predicted molar refractivity (Wildman–Crippen MR) is 117 cm³/mol. The SMILES string of the molecule is CC(C)(C)NS(=O)(=O)c1ccc(C(=O)N2CCC(COc3ccccc3)CC2)cc1. The molecule has 1 N–H and O–H groups in total. The molecule has 1 heterocycles. The van der Waals surface area contributed by atoms with E-state index in [0.29, 0.717) is 31.2 Å². The van der Waals surface area contributed by atoms with Crippen molar-refractivity contribution < 1.29 is 17.9 Å². The third-order valence-electron chi connectivity index (χ3n) is 4.98. The highest BCUT2D eigenvalue weighted by Gasteiger charge is 2.25. The van der Waals surface area contributed by atoms with Gasteiger partial charge in [-0.15, -0.1) is 0 Å². The van der Waals surface area contributed by atoms with Gasteiger partial charge in [0.2, 0.25) is 10.0 Å². The zero-order valence-electron chi connectivity index (χ0n) is 17.8. The van der Waals surface area contributed by atoms with Gasteiger partial charge in [0, 0.05) is 24.2 Å². The van der Waals surface area contributed by atoms with Crippen LogP contribution in [0.1, 0.15) is 44.0 Å². The number of sulfonamides is 1. The standard InChI is InChI=1S/C23H30N2O4S/c1-23(2,3)24-30(27,28)21-11-9-19(10-12-21)22(26)25-15-13-18(14-16-25)17-29-20-7-5-4-6-8-20/h4-12,18,24H,13-17H2,1-3H3. The lowest BCUT2D eigenvalue weighted by Gasteiger charge is -2.32. The quantitative estimate of drug-likeness (QED) is 0.758. The number of amides is 1. The molecule has 1 aliphatic rings. The van der Waals surface area contributed by atoms with Crippen LogP contribution in [0.3, 0.4) is 0 Å². The summed E-state index contributed by atoms with van der Waals surface area (Å²) >= 11 is 0. The molecule has 7 heteroatoms. The fourth-order valence-electron chi connectivity index (χ4n) is 3.45. The van der Waals surface area contributed by atoms with E-state index in [9.17, 15) is 13.2 Å². The van der Waals surface area contributed by atoms with Crippen molar-refractivity contribution in [1.82, 2.24) is 9.62 Å². The maximum atomic E-state index is 12.8. The zero-order chi connectivity index (χ0) is 21.8. The molecule has 2 aromatic rings. The van der Waals surface area contributed by atoms with E-state index in [1.54, 1.807) is 32.9 Å². The minimum atomic E-state index is -3.61. The van der Waals surface area contributed by atoms with Crippen molar-refractivity contribution in [2.45, 2.75) is 44.0 Å². The van der Waals surface area contributed by atoms with E-state index in [1.165, 1.54) is 12.1 Å². The summed E-state index contributed by atoms with van der Waals surface area (Å²) < 4.78 is 33.3. The molecule has 1 fully saturated rings. The first kappa shape index (κ1) is 22.3.